The summed E-state index contributed by atoms with van der Waals surface area (Å²) in [5.41, 5.74) is 5.38. The van der Waals surface area contributed by atoms with Gasteiger partial charge in [0.2, 0.25) is 11.8 Å². The van der Waals surface area contributed by atoms with Gasteiger partial charge in [0.05, 0.1) is 12.0 Å². The van der Waals surface area contributed by atoms with Crippen molar-refractivity contribution in [2.24, 2.45) is 11.1 Å². The summed E-state index contributed by atoms with van der Waals surface area (Å²) in [6.45, 7) is 0.247. The molecule has 0 aromatic carbocycles. The molecule has 2 heterocycles. The van der Waals surface area contributed by atoms with Gasteiger partial charge < -0.3 is 5.73 Å². The van der Waals surface area contributed by atoms with Gasteiger partial charge in [-0.3, -0.25) is 9.59 Å². The highest BCUT2D eigenvalue weighted by atomic mass is 16.2. The zero-order chi connectivity index (χ0) is 14.9. The van der Waals surface area contributed by atoms with Crippen LogP contribution in [0.3, 0.4) is 0 Å². The summed E-state index contributed by atoms with van der Waals surface area (Å²) >= 11 is 0. The molecule has 0 atom stereocenters. The van der Waals surface area contributed by atoms with Crippen molar-refractivity contribution < 1.29 is 9.59 Å². The number of amides is 2. The number of nitrogens with zero attached hydrogens (tertiary/aromatic N) is 2. The number of carbonyl (C=O) groups excluding carboxylic acids is 2. The molecule has 2 fully saturated rings. The fourth-order valence-corrected chi connectivity index (χ4v) is 3.23. The first-order valence-electron chi connectivity index (χ1n) is 7.20. The first kappa shape index (κ1) is 13.8. The predicted octanol–water partition coefficient (Wildman–Crippen LogP) is 1.22. The van der Waals surface area contributed by atoms with Crippen molar-refractivity contribution in [3.05, 3.63) is 23.9 Å². The number of hydrogen-bond acceptors (Lipinski definition) is 4. The van der Waals surface area contributed by atoms with Crippen LogP contribution in [0.15, 0.2) is 18.2 Å². The number of hydrogen-bond donors (Lipinski definition) is 1. The lowest BCUT2D eigenvalue weighted by atomic mass is 9.84. The molecule has 1 aliphatic heterocycles. The lowest BCUT2D eigenvalue weighted by molar-refractivity contribution is -0.125. The molecule has 5 nitrogen and oxygen atoms in total. The van der Waals surface area contributed by atoms with E-state index >= 15 is 0 Å². The molecule has 1 aromatic rings. The van der Waals surface area contributed by atoms with Gasteiger partial charge in [0.1, 0.15) is 11.5 Å². The fraction of sp³-hybridized carbons (Fsp3) is 0.438. The zero-order valence-electron chi connectivity index (χ0n) is 11.8. The summed E-state index contributed by atoms with van der Waals surface area (Å²) < 4.78 is 0. The Hall–Kier alpha value is -2.19. The lowest BCUT2D eigenvalue weighted by Crippen LogP contribution is -2.35. The van der Waals surface area contributed by atoms with Gasteiger partial charge in [-0.15, -0.1) is 0 Å². The molecule has 1 aliphatic carbocycles. The van der Waals surface area contributed by atoms with E-state index in [1.165, 1.54) is 4.90 Å². The predicted molar refractivity (Wildman–Crippen MR) is 78.2 cm³/mol. The molecule has 1 saturated carbocycles. The van der Waals surface area contributed by atoms with Gasteiger partial charge in [-0.1, -0.05) is 24.8 Å². The van der Waals surface area contributed by atoms with E-state index in [0.29, 0.717) is 17.9 Å². The van der Waals surface area contributed by atoms with Crippen LogP contribution in [-0.4, -0.2) is 23.3 Å². The molecule has 1 aromatic heterocycles. The molecule has 0 bridgehead atoms. The van der Waals surface area contributed by atoms with Crippen LogP contribution in [0.2, 0.25) is 0 Å². The van der Waals surface area contributed by atoms with Gasteiger partial charge in [0, 0.05) is 6.42 Å². The molecule has 2 N–H and O–H groups in total. The Morgan fingerprint density at radius 1 is 1.29 bits per heavy atom. The van der Waals surface area contributed by atoms with Gasteiger partial charge in [0.15, 0.2) is 0 Å². The van der Waals surface area contributed by atoms with Gasteiger partial charge in [-0.2, -0.15) is 0 Å². The number of carbonyl (C=O) groups is 2. The molecule has 2 amide bonds. The van der Waals surface area contributed by atoms with Crippen molar-refractivity contribution in [3.63, 3.8) is 0 Å². The van der Waals surface area contributed by atoms with E-state index in [4.69, 9.17) is 5.73 Å². The van der Waals surface area contributed by atoms with Crippen LogP contribution in [0.5, 0.6) is 0 Å². The molecule has 1 saturated heterocycles. The van der Waals surface area contributed by atoms with Crippen LogP contribution in [0.25, 0.3) is 0 Å². The number of rotatable bonds is 1. The van der Waals surface area contributed by atoms with Crippen LogP contribution in [-0.2, 0) is 9.59 Å². The smallest absolute Gasteiger partial charge is 0.241 e. The molecule has 108 valence electrons. The zero-order valence-corrected chi connectivity index (χ0v) is 11.8. The molecule has 0 radical (unpaired) electrons. The van der Waals surface area contributed by atoms with Crippen molar-refractivity contribution in [2.45, 2.75) is 32.1 Å². The number of pyridine rings is 1. The summed E-state index contributed by atoms with van der Waals surface area (Å²) in [4.78, 5) is 30.5. The van der Waals surface area contributed by atoms with E-state index in [9.17, 15) is 9.59 Å². The van der Waals surface area contributed by atoms with Crippen molar-refractivity contribution in [3.8, 4) is 11.8 Å². The molecule has 3 rings (SSSR count). The van der Waals surface area contributed by atoms with Crippen molar-refractivity contribution in [1.82, 2.24) is 4.98 Å². The van der Waals surface area contributed by atoms with E-state index < -0.39 is 5.41 Å². The Labute approximate surface area is 123 Å². The largest absolute Gasteiger partial charge is 0.320 e. The van der Waals surface area contributed by atoms with Crippen LogP contribution < -0.4 is 10.6 Å². The van der Waals surface area contributed by atoms with Gasteiger partial charge >= 0.3 is 0 Å². The molecule has 1 spiro atoms. The number of imide groups is 1. The fourth-order valence-electron chi connectivity index (χ4n) is 3.23. The Balaban J connectivity index is 1.93. The van der Waals surface area contributed by atoms with Gasteiger partial charge in [-0.05, 0) is 30.9 Å². The second-order valence-electron chi connectivity index (χ2n) is 5.59. The Morgan fingerprint density at radius 3 is 2.76 bits per heavy atom. The van der Waals surface area contributed by atoms with Gasteiger partial charge in [0.25, 0.3) is 0 Å². The van der Waals surface area contributed by atoms with E-state index in [1.54, 1.807) is 18.2 Å². The average Bonchev–Trinajstić information content (AvgIpc) is 3.04. The highest BCUT2D eigenvalue weighted by molar-refractivity contribution is 6.22. The maximum absolute atomic E-state index is 12.7. The maximum atomic E-state index is 12.7. The highest BCUT2D eigenvalue weighted by Crippen LogP contribution is 2.47. The quantitative estimate of drug-likeness (QED) is 0.621. The van der Waals surface area contributed by atoms with E-state index in [-0.39, 0.29) is 18.4 Å². The Morgan fingerprint density at radius 2 is 2.05 bits per heavy atom. The third-order valence-electron chi connectivity index (χ3n) is 4.24. The number of aromatic nitrogens is 1. The normalized spacial score (nSPS) is 20.0. The van der Waals surface area contributed by atoms with Crippen molar-refractivity contribution >= 4 is 17.6 Å². The van der Waals surface area contributed by atoms with Crippen LogP contribution >= 0.6 is 0 Å². The third-order valence-corrected chi connectivity index (χ3v) is 4.24. The molecule has 21 heavy (non-hydrogen) atoms. The first-order valence-corrected chi connectivity index (χ1v) is 7.20. The highest BCUT2D eigenvalue weighted by Gasteiger charge is 2.53. The number of anilines is 1. The molecule has 5 heteroatoms. The lowest BCUT2D eigenvalue weighted by Gasteiger charge is -2.20. The average molecular weight is 283 g/mol. The summed E-state index contributed by atoms with van der Waals surface area (Å²) in [5, 5.41) is 0. The van der Waals surface area contributed by atoms with Crippen LogP contribution in [0.4, 0.5) is 5.82 Å². The SMILES string of the molecule is NCC#Cc1cccc(N2C(=O)CC3(CCCC3)C2=O)n1. The minimum absolute atomic E-state index is 0.0959. The summed E-state index contributed by atoms with van der Waals surface area (Å²) in [6, 6.07) is 5.17. The molecular formula is C16H17N3O2. The molecule has 2 aliphatic rings. The van der Waals surface area contributed by atoms with Crippen LogP contribution in [0.1, 0.15) is 37.8 Å². The van der Waals surface area contributed by atoms with Crippen LogP contribution in [0, 0.1) is 17.3 Å². The summed E-state index contributed by atoms with van der Waals surface area (Å²) in [6.07, 6.45) is 3.96. The van der Waals surface area contributed by atoms with E-state index in [2.05, 4.69) is 16.8 Å². The van der Waals surface area contributed by atoms with E-state index in [1.807, 2.05) is 0 Å². The standard InChI is InChI=1S/C16H17N3O2/c17-10-4-6-12-5-3-7-13(18-12)19-14(20)11-16(15(19)21)8-1-2-9-16/h3,5,7H,1-2,8-11,17H2. The topological polar surface area (TPSA) is 76.3 Å². The Bertz CT molecular complexity index is 651. The van der Waals surface area contributed by atoms with Gasteiger partial charge in [-0.25, -0.2) is 9.88 Å². The monoisotopic (exact) mass is 283 g/mol. The molecular weight excluding hydrogens is 266 g/mol. The Kier molecular flexibility index (Phi) is 3.48. The minimum atomic E-state index is -0.474. The summed E-state index contributed by atoms with van der Waals surface area (Å²) in [7, 11) is 0. The summed E-state index contributed by atoms with van der Waals surface area (Å²) in [5.74, 6) is 5.67. The molecule has 0 unspecified atom stereocenters. The minimum Gasteiger partial charge on any atom is -0.320 e. The van der Waals surface area contributed by atoms with Crippen molar-refractivity contribution in [1.29, 1.82) is 0 Å². The van der Waals surface area contributed by atoms with Crippen molar-refractivity contribution in [2.75, 3.05) is 11.4 Å². The third kappa shape index (κ3) is 2.32. The number of nitrogens with two attached hydrogens (primary N) is 1. The van der Waals surface area contributed by atoms with E-state index in [0.717, 1.165) is 25.7 Å². The second-order valence-corrected chi connectivity index (χ2v) is 5.59. The first-order chi connectivity index (χ1) is 10.2. The second kappa shape index (κ2) is 5.30. The maximum Gasteiger partial charge on any atom is 0.241 e.